The van der Waals surface area contributed by atoms with Gasteiger partial charge in [-0.05, 0) is 59.4 Å². The first-order valence-electron chi connectivity index (χ1n) is 13.6. The lowest BCUT2D eigenvalue weighted by atomic mass is 9.75. The van der Waals surface area contributed by atoms with Crippen LogP contribution in [0.3, 0.4) is 0 Å². The molecule has 0 radical (unpaired) electrons. The van der Waals surface area contributed by atoms with E-state index in [2.05, 4.69) is 5.32 Å². The van der Waals surface area contributed by atoms with Crippen LogP contribution in [0, 0.1) is 23.0 Å². The lowest BCUT2D eigenvalue weighted by molar-refractivity contribution is -0.162. The number of nitrogens with one attached hydrogen (secondary N) is 1. The van der Waals surface area contributed by atoms with Gasteiger partial charge in [0.15, 0.2) is 0 Å². The van der Waals surface area contributed by atoms with Gasteiger partial charge in [-0.3, -0.25) is 14.4 Å². The highest BCUT2D eigenvalue weighted by atomic mass is 19.1. The number of amides is 1. The van der Waals surface area contributed by atoms with E-state index in [9.17, 15) is 23.2 Å². The Morgan fingerprint density at radius 2 is 1.82 bits per heavy atom. The number of carbonyl (C=O) groups excluding carboxylic acids is 3. The van der Waals surface area contributed by atoms with Crippen LogP contribution in [0.5, 0.6) is 0 Å². The fraction of sp³-hybridized carbons (Fsp3) is 0.690. The summed E-state index contributed by atoms with van der Waals surface area (Å²) in [5.41, 5.74) is -1.33. The molecule has 0 aliphatic heterocycles. The van der Waals surface area contributed by atoms with Gasteiger partial charge in [-0.1, -0.05) is 18.9 Å². The lowest BCUT2D eigenvalue weighted by Gasteiger charge is -2.34. The first kappa shape index (κ1) is 32.6. The van der Waals surface area contributed by atoms with E-state index in [1.807, 2.05) is 0 Å². The lowest BCUT2D eigenvalue weighted by Crippen LogP contribution is -2.48. The van der Waals surface area contributed by atoms with E-state index >= 15 is 0 Å². The molecule has 2 atom stereocenters. The second-order valence-corrected chi connectivity index (χ2v) is 11.1. The van der Waals surface area contributed by atoms with Crippen LogP contribution < -0.4 is 5.32 Å². The Morgan fingerprint density at radius 3 is 2.41 bits per heavy atom. The predicted octanol–water partition coefficient (Wildman–Crippen LogP) is 4.86. The van der Waals surface area contributed by atoms with Gasteiger partial charge in [-0.25, -0.2) is 8.78 Å². The van der Waals surface area contributed by atoms with Gasteiger partial charge >= 0.3 is 11.9 Å². The standard InChI is InChI=1S/C29H43F2NO7/c1-6-38-25(33)16-23(19-37-18-21-9-10-22(30)15-24(21)31)32-27(35)29(12-7-8-13-29)17-20(11-14-36-5)26(34)39-28(2,3)4/h9-10,15,20,23H,6-8,11-14,16-19H2,1-5H3,(H,32,35). The summed E-state index contributed by atoms with van der Waals surface area (Å²) in [6.07, 6.45) is 3.44. The molecule has 1 aliphatic rings. The van der Waals surface area contributed by atoms with Crippen LogP contribution >= 0.6 is 0 Å². The zero-order chi connectivity index (χ0) is 29.1. The zero-order valence-electron chi connectivity index (χ0n) is 23.8. The molecule has 2 unspecified atom stereocenters. The summed E-state index contributed by atoms with van der Waals surface area (Å²) in [5, 5.41) is 2.95. The predicted molar refractivity (Wildman–Crippen MR) is 141 cm³/mol. The molecule has 1 aromatic rings. The minimum absolute atomic E-state index is 0.0867. The number of ether oxygens (including phenoxy) is 4. The van der Waals surface area contributed by atoms with Crippen LogP contribution in [0.1, 0.15) is 78.2 Å². The Bertz CT molecular complexity index is 957. The van der Waals surface area contributed by atoms with E-state index in [1.165, 1.54) is 6.07 Å². The molecule has 0 aromatic heterocycles. The van der Waals surface area contributed by atoms with E-state index in [0.717, 1.165) is 25.0 Å². The van der Waals surface area contributed by atoms with Crippen molar-refractivity contribution in [2.24, 2.45) is 11.3 Å². The molecular weight excluding hydrogens is 512 g/mol. The molecule has 8 nitrogen and oxygen atoms in total. The molecular formula is C29H43F2NO7. The molecule has 10 heteroatoms. The molecule has 1 aromatic carbocycles. The van der Waals surface area contributed by atoms with Gasteiger partial charge in [-0.2, -0.15) is 0 Å². The van der Waals surface area contributed by atoms with Crippen molar-refractivity contribution in [2.75, 3.05) is 26.9 Å². The van der Waals surface area contributed by atoms with Crippen LogP contribution in [0.15, 0.2) is 18.2 Å². The Hall–Kier alpha value is -2.59. The number of benzene rings is 1. The fourth-order valence-corrected chi connectivity index (χ4v) is 4.86. The van der Waals surface area contributed by atoms with Gasteiger partial charge in [0.1, 0.15) is 17.2 Å². The number of hydrogen-bond donors (Lipinski definition) is 1. The molecule has 1 saturated carbocycles. The summed E-state index contributed by atoms with van der Waals surface area (Å²) in [4.78, 5) is 39.1. The Kier molecular flexibility index (Phi) is 12.8. The smallest absolute Gasteiger partial charge is 0.309 e. The van der Waals surface area contributed by atoms with E-state index in [0.29, 0.717) is 32.3 Å². The maximum absolute atomic E-state index is 14.0. The monoisotopic (exact) mass is 555 g/mol. The third-order valence-electron chi connectivity index (χ3n) is 6.74. The van der Waals surface area contributed by atoms with Crippen molar-refractivity contribution >= 4 is 17.8 Å². The molecule has 0 heterocycles. The van der Waals surface area contributed by atoms with E-state index < -0.39 is 40.6 Å². The summed E-state index contributed by atoms with van der Waals surface area (Å²) < 4.78 is 48.8. The van der Waals surface area contributed by atoms with Crippen molar-refractivity contribution in [3.8, 4) is 0 Å². The van der Waals surface area contributed by atoms with Crippen molar-refractivity contribution < 1.29 is 42.1 Å². The van der Waals surface area contributed by atoms with Crippen LogP contribution in [-0.4, -0.2) is 56.4 Å². The second kappa shape index (κ2) is 15.3. The van der Waals surface area contributed by atoms with Crippen LogP contribution in [0.25, 0.3) is 0 Å². The Morgan fingerprint density at radius 1 is 1.13 bits per heavy atom. The van der Waals surface area contributed by atoms with Gasteiger partial charge in [0.25, 0.3) is 0 Å². The Balaban J connectivity index is 2.17. The van der Waals surface area contributed by atoms with Gasteiger partial charge in [0, 0.05) is 25.3 Å². The number of methoxy groups -OCH3 is 1. The van der Waals surface area contributed by atoms with Crippen molar-refractivity contribution in [3.63, 3.8) is 0 Å². The molecule has 0 bridgehead atoms. The molecule has 1 amide bonds. The van der Waals surface area contributed by atoms with E-state index in [4.69, 9.17) is 18.9 Å². The van der Waals surface area contributed by atoms with Gasteiger partial charge in [0.2, 0.25) is 5.91 Å². The molecule has 1 aliphatic carbocycles. The van der Waals surface area contributed by atoms with Crippen molar-refractivity contribution in [1.29, 1.82) is 0 Å². The third-order valence-corrected chi connectivity index (χ3v) is 6.74. The van der Waals surface area contributed by atoms with Crippen LogP contribution in [0.2, 0.25) is 0 Å². The summed E-state index contributed by atoms with van der Waals surface area (Å²) >= 11 is 0. The number of halogens is 2. The minimum Gasteiger partial charge on any atom is -0.466 e. The molecule has 39 heavy (non-hydrogen) atoms. The normalized spacial score (nSPS) is 16.4. The molecule has 1 N–H and O–H groups in total. The molecule has 0 saturated heterocycles. The molecule has 1 fully saturated rings. The van der Waals surface area contributed by atoms with Crippen LogP contribution in [0.4, 0.5) is 8.78 Å². The van der Waals surface area contributed by atoms with E-state index in [-0.39, 0.29) is 43.7 Å². The summed E-state index contributed by atoms with van der Waals surface area (Å²) in [5.74, 6) is -3.11. The highest BCUT2D eigenvalue weighted by Crippen LogP contribution is 2.44. The number of carbonyl (C=O) groups is 3. The van der Waals surface area contributed by atoms with Crippen LogP contribution in [-0.2, 0) is 39.9 Å². The summed E-state index contributed by atoms with van der Waals surface area (Å²) in [6, 6.07) is 2.45. The molecule has 220 valence electrons. The first-order valence-corrected chi connectivity index (χ1v) is 13.6. The maximum atomic E-state index is 14.0. The molecule has 0 spiro atoms. The quantitative estimate of drug-likeness (QED) is 0.309. The summed E-state index contributed by atoms with van der Waals surface area (Å²) in [6.45, 7) is 7.36. The fourth-order valence-electron chi connectivity index (χ4n) is 4.86. The second-order valence-electron chi connectivity index (χ2n) is 11.1. The van der Waals surface area contributed by atoms with Gasteiger partial charge < -0.3 is 24.3 Å². The third kappa shape index (κ3) is 10.8. The van der Waals surface area contributed by atoms with Gasteiger partial charge in [-0.15, -0.1) is 0 Å². The highest BCUT2D eigenvalue weighted by molar-refractivity contribution is 5.85. The average Bonchev–Trinajstić information content (AvgIpc) is 3.32. The maximum Gasteiger partial charge on any atom is 0.309 e. The minimum atomic E-state index is -0.814. The highest BCUT2D eigenvalue weighted by Gasteiger charge is 2.45. The average molecular weight is 556 g/mol. The van der Waals surface area contributed by atoms with E-state index in [1.54, 1.807) is 34.8 Å². The number of esters is 2. The Labute approximate surface area is 230 Å². The van der Waals surface area contributed by atoms with Crippen molar-refractivity contribution in [3.05, 3.63) is 35.4 Å². The van der Waals surface area contributed by atoms with Crippen molar-refractivity contribution in [1.82, 2.24) is 5.32 Å². The topological polar surface area (TPSA) is 100 Å². The summed E-state index contributed by atoms with van der Waals surface area (Å²) in [7, 11) is 1.56. The number of hydrogen-bond acceptors (Lipinski definition) is 7. The van der Waals surface area contributed by atoms with Gasteiger partial charge in [0.05, 0.1) is 43.6 Å². The van der Waals surface area contributed by atoms with Crippen molar-refractivity contribution in [2.45, 2.75) is 90.9 Å². The largest absolute Gasteiger partial charge is 0.466 e. The first-order chi connectivity index (χ1) is 18.4. The SMILES string of the molecule is CCOC(=O)CC(COCc1ccc(F)cc1F)NC(=O)C1(CC(CCOC)C(=O)OC(C)(C)C)CCCC1. The zero-order valence-corrected chi connectivity index (χ0v) is 23.8. The number of rotatable bonds is 15. The molecule has 2 rings (SSSR count).